The normalized spacial score (nSPS) is 13.0. The summed E-state index contributed by atoms with van der Waals surface area (Å²) >= 11 is 0. The number of carbonyl (C=O) groups is 3. The maximum Gasteiger partial charge on any atom is 0.243 e. The third kappa shape index (κ3) is 12.1. The Morgan fingerprint density at radius 1 is 1.00 bits per heavy atom. The summed E-state index contributed by atoms with van der Waals surface area (Å²) in [6, 6.07) is 14.9. The van der Waals surface area contributed by atoms with Crippen molar-refractivity contribution in [3.8, 4) is 23.8 Å². The highest BCUT2D eigenvalue weighted by Crippen LogP contribution is 2.35. The van der Waals surface area contributed by atoms with E-state index >= 15 is 0 Å². The zero-order chi connectivity index (χ0) is 37.3. The number of nitrogens with zero attached hydrogens (tertiary/aromatic N) is 4. The number of likely N-dealkylation sites (tertiary alicyclic amines) is 1. The van der Waals surface area contributed by atoms with Crippen LogP contribution in [-0.2, 0) is 14.4 Å². The van der Waals surface area contributed by atoms with Crippen LogP contribution in [0.1, 0.15) is 62.5 Å². The van der Waals surface area contributed by atoms with Crippen molar-refractivity contribution in [1.29, 1.82) is 0 Å². The molecule has 276 valence electrons. The van der Waals surface area contributed by atoms with Gasteiger partial charge in [0.1, 0.15) is 12.1 Å². The lowest BCUT2D eigenvalue weighted by atomic mass is 9.91. The number of terminal acetylenes is 1. The van der Waals surface area contributed by atoms with Crippen molar-refractivity contribution in [3.63, 3.8) is 0 Å². The fourth-order valence-corrected chi connectivity index (χ4v) is 6.15. The van der Waals surface area contributed by atoms with E-state index in [1.807, 2.05) is 47.4 Å². The van der Waals surface area contributed by atoms with E-state index in [1.54, 1.807) is 31.6 Å². The summed E-state index contributed by atoms with van der Waals surface area (Å²) in [5.74, 6) is 4.58. The van der Waals surface area contributed by atoms with E-state index in [0.717, 1.165) is 54.3 Å². The molecule has 5 rings (SSSR count). The second-order valence-electron chi connectivity index (χ2n) is 12.9. The van der Waals surface area contributed by atoms with Gasteiger partial charge in [-0.2, -0.15) is 0 Å². The first-order valence-corrected chi connectivity index (χ1v) is 18.1. The highest BCUT2D eigenvalue weighted by molar-refractivity contribution is 5.93. The number of piperidine rings is 1. The van der Waals surface area contributed by atoms with Gasteiger partial charge in [0, 0.05) is 67.2 Å². The topological polar surface area (TPSA) is 148 Å². The molecule has 2 aromatic heterocycles. The Hall–Kier alpha value is -5.96. The lowest BCUT2D eigenvalue weighted by Crippen LogP contribution is -2.44. The molecule has 3 heterocycles. The summed E-state index contributed by atoms with van der Waals surface area (Å²) in [7, 11) is 1.57. The van der Waals surface area contributed by atoms with Gasteiger partial charge in [-0.1, -0.05) is 30.9 Å². The van der Waals surface area contributed by atoms with Crippen LogP contribution in [0.4, 0.5) is 11.5 Å². The van der Waals surface area contributed by atoms with Crippen LogP contribution in [0.25, 0.3) is 17.0 Å². The van der Waals surface area contributed by atoms with Crippen molar-refractivity contribution in [2.24, 2.45) is 5.92 Å². The Morgan fingerprint density at radius 2 is 1.87 bits per heavy atom. The number of pyridine rings is 1. The van der Waals surface area contributed by atoms with E-state index in [1.165, 1.54) is 12.4 Å². The van der Waals surface area contributed by atoms with Gasteiger partial charge in [-0.25, -0.2) is 9.97 Å². The van der Waals surface area contributed by atoms with E-state index < -0.39 is 0 Å². The summed E-state index contributed by atoms with van der Waals surface area (Å²) in [5.41, 5.74) is 3.14. The van der Waals surface area contributed by atoms with Crippen molar-refractivity contribution in [1.82, 2.24) is 30.5 Å². The van der Waals surface area contributed by atoms with E-state index in [2.05, 4.69) is 36.8 Å². The molecule has 3 amide bonds. The number of carbonyl (C=O) groups excluding carboxylic acids is 3. The molecule has 0 bridgehead atoms. The molecular formula is C41H47N7O5. The maximum absolute atomic E-state index is 12.8. The lowest BCUT2D eigenvalue weighted by Gasteiger charge is -2.32. The largest absolute Gasteiger partial charge is 0.493 e. The van der Waals surface area contributed by atoms with Gasteiger partial charge in [0.05, 0.1) is 25.8 Å². The molecule has 2 aromatic carbocycles. The fourth-order valence-electron chi connectivity index (χ4n) is 6.15. The van der Waals surface area contributed by atoms with Crippen molar-refractivity contribution < 1.29 is 23.9 Å². The summed E-state index contributed by atoms with van der Waals surface area (Å²) in [4.78, 5) is 52.0. The van der Waals surface area contributed by atoms with Crippen LogP contribution >= 0.6 is 0 Å². The first-order chi connectivity index (χ1) is 25.9. The summed E-state index contributed by atoms with van der Waals surface area (Å²) in [6.07, 6.45) is 20.2. The summed E-state index contributed by atoms with van der Waals surface area (Å²) in [5, 5.41) is 9.78. The third-order valence-electron chi connectivity index (χ3n) is 9.12. The van der Waals surface area contributed by atoms with Gasteiger partial charge >= 0.3 is 0 Å². The van der Waals surface area contributed by atoms with E-state index in [-0.39, 0.29) is 24.3 Å². The molecule has 0 atom stereocenters. The van der Waals surface area contributed by atoms with Gasteiger partial charge in [-0.15, -0.1) is 6.42 Å². The van der Waals surface area contributed by atoms with Crippen LogP contribution in [0.15, 0.2) is 73.3 Å². The number of unbranched alkanes of at least 4 members (excludes halogenated alkanes) is 2. The van der Waals surface area contributed by atoms with Crippen molar-refractivity contribution in [2.75, 3.05) is 45.2 Å². The Balaban J connectivity index is 0.945. The maximum atomic E-state index is 12.8. The molecule has 4 aromatic rings. The van der Waals surface area contributed by atoms with Gasteiger partial charge in [0.2, 0.25) is 17.7 Å². The van der Waals surface area contributed by atoms with E-state index in [0.29, 0.717) is 74.3 Å². The Kier molecular flexibility index (Phi) is 14.6. The molecular weight excluding hydrogens is 670 g/mol. The average molecular weight is 718 g/mol. The van der Waals surface area contributed by atoms with Crippen molar-refractivity contribution in [3.05, 3.63) is 84.5 Å². The van der Waals surface area contributed by atoms with Crippen LogP contribution < -0.4 is 25.4 Å². The number of benzene rings is 2. The standard InChI is InChI=1S/C41H47N7O5/c1-3-30-11-8-13-33(24-30)47-41-34-25-37(36(52-2)26-35(34)45-29-46-41)53-23-7-5-14-38(49)44-28-40(51)48-21-17-31(18-22-48)10-4-6-20-43-39(50)16-15-32-12-9-19-42-27-32/h1,8-9,11-13,15-16,19,24-27,29,31H,4-7,10,14,17-18,20-23,28H2,2H3,(H,43,50)(H,44,49)(H,45,46,47)/b16-15+. The fraction of sp³-hybridized carbons (Fsp3) is 0.366. The number of hydrogen-bond acceptors (Lipinski definition) is 9. The van der Waals surface area contributed by atoms with Crippen LogP contribution in [0, 0.1) is 18.3 Å². The molecule has 53 heavy (non-hydrogen) atoms. The van der Waals surface area contributed by atoms with Gasteiger partial charge < -0.3 is 30.3 Å². The number of hydrogen-bond donors (Lipinski definition) is 3. The number of anilines is 2. The summed E-state index contributed by atoms with van der Waals surface area (Å²) in [6.45, 7) is 2.43. The molecule has 1 fully saturated rings. The van der Waals surface area contributed by atoms with Gasteiger partial charge in [-0.05, 0) is 80.0 Å². The minimum Gasteiger partial charge on any atom is -0.493 e. The first kappa shape index (κ1) is 38.3. The Labute approximate surface area is 310 Å². The van der Waals surface area contributed by atoms with Gasteiger partial charge in [0.25, 0.3) is 0 Å². The highest BCUT2D eigenvalue weighted by Gasteiger charge is 2.22. The average Bonchev–Trinajstić information content (AvgIpc) is 3.19. The quantitative estimate of drug-likeness (QED) is 0.0674. The summed E-state index contributed by atoms with van der Waals surface area (Å²) < 4.78 is 11.6. The van der Waals surface area contributed by atoms with Crippen LogP contribution in [0.3, 0.4) is 0 Å². The first-order valence-electron chi connectivity index (χ1n) is 18.1. The molecule has 0 aliphatic carbocycles. The molecule has 1 aliphatic rings. The molecule has 12 heteroatoms. The van der Waals surface area contributed by atoms with E-state index in [9.17, 15) is 14.4 Å². The van der Waals surface area contributed by atoms with Crippen LogP contribution in [0.5, 0.6) is 11.5 Å². The van der Waals surface area contributed by atoms with E-state index in [4.69, 9.17) is 15.9 Å². The second kappa shape index (κ2) is 20.2. The SMILES string of the molecule is C#Cc1cccc(Nc2ncnc3cc(OC)c(OCCCCC(=O)NCC(=O)N4CCC(CCCCNC(=O)/C=C/c5cccnc5)CC4)cc23)c1. The number of aromatic nitrogens is 3. The predicted octanol–water partition coefficient (Wildman–Crippen LogP) is 5.66. The second-order valence-corrected chi connectivity index (χ2v) is 12.9. The van der Waals surface area contributed by atoms with Crippen molar-refractivity contribution >= 4 is 46.2 Å². The molecule has 0 spiro atoms. The minimum atomic E-state index is -0.155. The number of ether oxygens (including phenoxy) is 2. The third-order valence-corrected chi connectivity index (χ3v) is 9.12. The van der Waals surface area contributed by atoms with Gasteiger partial charge in [0.15, 0.2) is 11.5 Å². The Bertz CT molecular complexity index is 1900. The molecule has 3 N–H and O–H groups in total. The molecule has 0 radical (unpaired) electrons. The zero-order valence-corrected chi connectivity index (χ0v) is 30.2. The number of rotatable bonds is 18. The monoisotopic (exact) mass is 717 g/mol. The minimum absolute atomic E-state index is 0.00862. The number of fused-ring (bicyclic) bond motifs is 1. The lowest BCUT2D eigenvalue weighted by molar-refractivity contribution is -0.134. The number of methoxy groups -OCH3 is 1. The van der Waals surface area contributed by atoms with Crippen LogP contribution in [0.2, 0.25) is 0 Å². The smallest absolute Gasteiger partial charge is 0.243 e. The molecule has 1 saturated heterocycles. The number of nitrogens with one attached hydrogen (secondary N) is 3. The molecule has 0 unspecified atom stereocenters. The van der Waals surface area contributed by atoms with Gasteiger partial charge in [-0.3, -0.25) is 19.4 Å². The van der Waals surface area contributed by atoms with Crippen molar-refractivity contribution in [2.45, 2.75) is 51.4 Å². The predicted molar refractivity (Wildman–Crippen MR) is 206 cm³/mol. The number of amides is 3. The van der Waals surface area contributed by atoms with Crippen LogP contribution in [-0.4, -0.2) is 77.5 Å². The molecule has 0 saturated carbocycles. The molecule has 1 aliphatic heterocycles. The zero-order valence-electron chi connectivity index (χ0n) is 30.2. The molecule has 12 nitrogen and oxygen atoms in total. The Morgan fingerprint density at radius 3 is 2.66 bits per heavy atom. The highest BCUT2D eigenvalue weighted by atomic mass is 16.5.